The summed E-state index contributed by atoms with van der Waals surface area (Å²) in [7, 11) is 0. The van der Waals surface area contributed by atoms with Crippen molar-refractivity contribution in [1.29, 1.82) is 0 Å². The molecule has 1 saturated heterocycles. The van der Waals surface area contributed by atoms with Gasteiger partial charge >= 0.3 is 0 Å². The van der Waals surface area contributed by atoms with E-state index in [-0.39, 0.29) is 5.91 Å². The molecule has 2 rings (SSSR count). The third-order valence-electron chi connectivity index (χ3n) is 3.50. The van der Waals surface area contributed by atoms with Crippen LogP contribution in [0.1, 0.15) is 28.8 Å². The van der Waals surface area contributed by atoms with Crippen LogP contribution in [0.4, 0.5) is 0 Å². The van der Waals surface area contributed by atoms with E-state index in [1.807, 2.05) is 17.9 Å². The number of benzene rings is 1. The summed E-state index contributed by atoms with van der Waals surface area (Å²) < 4.78 is 0. The molecule has 0 spiro atoms. The monoisotopic (exact) mass is 285 g/mol. The number of nitrogens with zero attached hydrogens (tertiary/aromatic N) is 1. The Morgan fingerprint density at radius 2 is 2.28 bits per heavy atom. The van der Waals surface area contributed by atoms with Crippen LogP contribution in [0.2, 0.25) is 5.02 Å². The lowest BCUT2D eigenvalue weighted by molar-refractivity contribution is 0.0787. The summed E-state index contributed by atoms with van der Waals surface area (Å²) in [6.07, 6.45) is 2.05. The minimum atomic E-state index is 0.104. The van der Waals surface area contributed by atoms with Gasteiger partial charge in [0.15, 0.2) is 0 Å². The predicted octanol–water partition coefficient (Wildman–Crippen LogP) is 3.74. The van der Waals surface area contributed by atoms with E-state index in [0.29, 0.717) is 16.8 Å². The van der Waals surface area contributed by atoms with Crippen molar-refractivity contribution < 1.29 is 4.79 Å². The van der Waals surface area contributed by atoms with Crippen molar-refractivity contribution in [2.24, 2.45) is 5.92 Å². The third-order valence-corrected chi connectivity index (χ3v) is 4.14. The molecule has 1 heterocycles. The number of halogens is 2. The Morgan fingerprint density at radius 3 is 2.94 bits per heavy atom. The minimum Gasteiger partial charge on any atom is -0.338 e. The molecule has 1 atom stereocenters. The van der Waals surface area contributed by atoms with Crippen LogP contribution in [-0.4, -0.2) is 29.8 Å². The number of likely N-dealkylation sites (tertiary alicyclic amines) is 1. The molecule has 1 unspecified atom stereocenters. The summed E-state index contributed by atoms with van der Waals surface area (Å²) in [5, 5.41) is 0.702. The number of rotatable bonds is 3. The quantitative estimate of drug-likeness (QED) is 0.775. The zero-order chi connectivity index (χ0) is 13.1. The Bertz CT molecular complexity index is 447. The van der Waals surface area contributed by atoms with Crippen molar-refractivity contribution in [3.05, 3.63) is 34.3 Å². The Kier molecular flexibility index (Phi) is 4.52. The lowest BCUT2D eigenvalue weighted by Gasteiger charge is -2.17. The Labute approximate surface area is 118 Å². The van der Waals surface area contributed by atoms with Gasteiger partial charge in [0.05, 0.1) is 0 Å². The molecule has 0 aliphatic carbocycles. The molecule has 0 radical (unpaired) electrons. The van der Waals surface area contributed by atoms with E-state index in [4.69, 9.17) is 23.2 Å². The lowest BCUT2D eigenvalue weighted by atomic mass is 10.1. The zero-order valence-electron chi connectivity index (χ0n) is 10.5. The third kappa shape index (κ3) is 2.99. The van der Waals surface area contributed by atoms with Crippen LogP contribution in [-0.2, 0) is 0 Å². The summed E-state index contributed by atoms with van der Waals surface area (Å²) in [5.41, 5.74) is 1.67. The minimum absolute atomic E-state index is 0.104. The summed E-state index contributed by atoms with van der Waals surface area (Å²) in [6, 6.07) is 5.45. The molecule has 18 heavy (non-hydrogen) atoms. The van der Waals surface area contributed by atoms with Gasteiger partial charge in [-0.3, -0.25) is 4.79 Å². The van der Waals surface area contributed by atoms with Gasteiger partial charge in [-0.15, -0.1) is 11.6 Å². The zero-order valence-corrected chi connectivity index (χ0v) is 12.0. The number of alkyl halides is 1. The molecule has 4 heteroatoms. The first-order chi connectivity index (χ1) is 8.61. The van der Waals surface area contributed by atoms with Gasteiger partial charge < -0.3 is 4.90 Å². The fourth-order valence-corrected chi connectivity index (χ4v) is 2.79. The van der Waals surface area contributed by atoms with Crippen molar-refractivity contribution in [2.75, 3.05) is 19.0 Å². The molecular weight excluding hydrogens is 269 g/mol. The van der Waals surface area contributed by atoms with E-state index >= 15 is 0 Å². The Morgan fingerprint density at radius 1 is 1.50 bits per heavy atom. The standard InChI is InChI=1S/C14H17Cl2NO/c1-10-8-12(2-3-13(10)16)14(18)17-7-5-11(9-17)4-6-15/h2-3,8,11H,4-7,9H2,1H3. The van der Waals surface area contributed by atoms with Crippen LogP contribution < -0.4 is 0 Å². The second-order valence-electron chi connectivity index (χ2n) is 4.85. The van der Waals surface area contributed by atoms with Gasteiger partial charge in [-0.1, -0.05) is 11.6 Å². The first kappa shape index (κ1) is 13.7. The first-order valence-electron chi connectivity index (χ1n) is 6.23. The summed E-state index contributed by atoms with van der Waals surface area (Å²) in [6.45, 7) is 3.58. The fraction of sp³-hybridized carbons (Fsp3) is 0.500. The van der Waals surface area contributed by atoms with E-state index in [2.05, 4.69) is 0 Å². The number of amides is 1. The van der Waals surface area contributed by atoms with Crippen LogP contribution in [0.5, 0.6) is 0 Å². The van der Waals surface area contributed by atoms with Crippen molar-refractivity contribution in [1.82, 2.24) is 4.90 Å². The maximum atomic E-state index is 12.3. The molecule has 0 N–H and O–H groups in total. The SMILES string of the molecule is Cc1cc(C(=O)N2CCC(CCCl)C2)ccc1Cl. The molecule has 0 bridgehead atoms. The van der Waals surface area contributed by atoms with Gasteiger partial charge in [0.25, 0.3) is 5.91 Å². The topological polar surface area (TPSA) is 20.3 Å². The summed E-state index contributed by atoms with van der Waals surface area (Å²) in [5.74, 6) is 1.33. The smallest absolute Gasteiger partial charge is 0.253 e. The maximum Gasteiger partial charge on any atom is 0.253 e. The lowest BCUT2D eigenvalue weighted by Crippen LogP contribution is -2.28. The fourth-order valence-electron chi connectivity index (χ4n) is 2.37. The van der Waals surface area contributed by atoms with Crippen molar-refractivity contribution in [3.63, 3.8) is 0 Å². The van der Waals surface area contributed by atoms with Crippen molar-refractivity contribution in [2.45, 2.75) is 19.8 Å². The van der Waals surface area contributed by atoms with Crippen LogP contribution in [0.3, 0.4) is 0 Å². The van der Waals surface area contributed by atoms with Gasteiger partial charge in [0, 0.05) is 29.6 Å². The average molecular weight is 286 g/mol. The molecule has 1 aliphatic heterocycles. The van der Waals surface area contributed by atoms with Crippen LogP contribution >= 0.6 is 23.2 Å². The number of aryl methyl sites for hydroxylation is 1. The molecule has 1 aromatic rings. The number of carbonyl (C=O) groups excluding carboxylic acids is 1. The highest BCUT2D eigenvalue weighted by Crippen LogP contribution is 2.23. The highest BCUT2D eigenvalue weighted by atomic mass is 35.5. The number of carbonyl (C=O) groups is 1. The second-order valence-corrected chi connectivity index (χ2v) is 5.63. The van der Waals surface area contributed by atoms with Crippen LogP contribution in [0.15, 0.2) is 18.2 Å². The average Bonchev–Trinajstić information content (AvgIpc) is 2.81. The van der Waals surface area contributed by atoms with Gasteiger partial charge in [-0.2, -0.15) is 0 Å². The van der Waals surface area contributed by atoms with E-state index in [1.54, 1.807) is 12.1 Å². The summed E-state index contributed by atoms with van der Waals surface area (Å²) >= 11 is 11.7. The first-order valence-corrected chi connectivity index (χ1v) is 7.14. The molecule has 0 aromatic heterocycles. The van der Waals surface area contributed by atoms with Crippen LogP contribution in [0.25, 0.3) is 0 Å². The predicted molar refractivity (Wildman–Crippen MR) is 75.5 cm³/mol. The molecule has 1 aromatic carbocycles. The largest absolute Gasteiger partial charge is 0.338 e. The van der Waals surface area contributed by atoms with Gasteiger partial charge in [-0.25, -0.2) is 0 Å². The number of hydrogen-bond donors (Lipinski definition) is 0. The maximum absolute atomic E-state index is 12.3. The van der Waals surface area contributed by atoms with Crippen molar-refractivity contribution >= 4 is 29.1 Å². The molecule has 98 valence electrons. The van der Waals surface area contributed by atoms with E-state index in [9.17, 15) is 4.79 Å². The Balaban J connectivity index is 2.05. The highest BCUT2D eigenvalue weighted by Gasteiger charge is 2.26. The highest BCUT2D eigenvalue weighted by molar-refractivity contribution is 6.31. The summed E-state index contributed by atoms with van der Waals surface area (Å²) in [4.78, 5) is 14.2. The Hall–Kier alpha value is -0.730. The second kappa shape index (κ2) is 5.94. The van der Waals surface area contributed by atoms with Gasteiger partial charge in [0.1, 0.15) is 0 Å². The molecule has 2 nitrogen and oxygen atoms in total. The van der Waals surface area contributed by atoms with Gasteiger partial charge in [-0.05, 0) is 49.4 Å². The van der Waals surface area contributed by atoms with Crippen molar-refractivity contribution in [3.8, 4) is 0 Å². The van der Waals surface area contributed by atoms with Gasteiger partial charge in [0.2, 0.25) is 0 Å². The molecule has 1 fully saturated rings. The molecule has 1 aliphatic rings. The normalized spacial score (nSPS) is 19.3. The van der Waals surface area contributed by atoms with E-state index in [0.717, 1.165) is 37.1 Å². The van der Waals surface area contributed by atoms with E-state index < -0.39 is 0 Å². The molecular formula is C14H17Cl2NO. The molecule has 0 saturated carbocycles. The molecule has 1 amide bonds. The van der Waals surface area contributed by atoms with E-state index in [1.165, 1.54) is 0 Å². The van der Waals surface area contributed by atoms with Crippen LogP contribution in [0, 0.1) is 12.8 Å². The number of hydrogen-bond acceptors (Lipinski definition) is 1.